The first-order chi connectivity index (χ1) is 16.5. The van der Waals surface area contributed by atoms with Crippen LogP contribution in [0.4, 0.5) is 36.6 Å². The molecule has 1 atom stereocenters. The molecule has 0 bridgehead atoms. The van der Waals surface area contributed by atoms with E-state index in [2.05, 4.69) is 20.7 Å². The second-order valence-electron chi connectivity index (χ2n) is 7.89. The smallest absolute Gasteiger partial charge is 0.349 e. The topological polar surface area (TPSA) is 76.2 Å². The number of nitrogens with zero attached hydrogens (tertiary/aromatic N) is 4. The Bertz CT molecular complexity index is 1250. The third-order valence-corrected chi connectivity index (χ3v) is 5.49. The number of alkyl halides is 7. The fourth-order valence-corrected chi connectivity index (χ4v) is 3.81. The molecular formula is C21H19F7N6O. The molecule has 1 aliphatic carbocycles. The normalized spacial score (nSPS) is 17.1. The second-order valence-corrected chi connectivity index (χ2v) is 7.89. The van der Waals surface area contributed by atoms with Crippen molar-refractivity contribution in [3.05, 3.63) is 59.3 Å². The average molecular weight is 504 g/mol. The van der Waals surface area contributed by atoms with Gasteiger partial charge >= 0.3 is 12.7 Å². The average Bonchev–Trinajstić information content (AvgIpc) is 3.37. The minimum Gasteiger partial charge on any atom is -0.349 e. The summed E-state index contributed by atoms with van der Waals surface area (Å²) in [7, 11) is 0. The molecule has 4 rings (SSSR count). The molecule has 0 saturated carbocycles. The first-order valence-corrected chi connectivity index (χ1v) is 10.5. The summed E-state index contributed by atoms with van der Waals surface area (Å²) in [5.74, 6) is -0.573. The third-order valence-electron chi connectivity index (χ3n) is 5.49. The zero-order valence-electron chi connectivity index (χ0n) is 17.9. The number of aromatic nitrogens is 4. The molecule has 1 aliphatic rings. The number of nitrogens with one attached hydrogen (secondary N) is 2. The zero-order chi connectivity index (χ0) is 25.3. The van der Waals surface area contributed by atoms with Gasteiger partial charge in [0.2, 0.25) is 0 Å². The molecule has 1 amide bonds. The van der Waals surface area contributed by atoms with Gasteiger partial charge in [-0.25, -0.2) is 18.4 Å². The lowest BCUT2D eigenvalue weighted by Gasteiger charge is -2.17. The second kappa shape index (κ2) is 9.58. The van der Waals surface area contributed by atoms with Gasteiger partial charge in [0, 0.05) is 24.1 Å². The summed E-state index contributed by atoms with van der Waals surface area (Å²) in [4.78, 5) is 16.1. The molecule has 0 radical (unpaired) electrons. The van der Waals surface area contributed by atoms with Crippen LogP contribution in [0.3, 0.4) is 0 Å². The van der Waals surface area contributed by atoms with E-state index >= 15 is 0 Å². The van der Waals surface area contributed by atoms with E-state index in [1.807, 2.05) is 6.08 Å². The predicted octanol–water partition coefficient (Wildman–Crippen LogP) is 5.55. The Hall–Kier alpha value is -3.58. The van der Waals surface area contributed by atoms with E-state index in [0.717, 1.165) is 6.20 Å². The van der Waals surface area contributed by atoms with Gasteiger partial charge in [-0.05, 0) is 37.8 Å². The maximum absolute atomic E-state index is 13.2. The molecule has 0 spiro atoms. The minimum absolute atomic E-state index is 0.00792. The van der Waals surface area contributed by atoms with Crippen molar-refractivity contribution in [2.45, 2.75) is 50.9 Å². The van der Waals surface area contributed by atoms with Crippen molar-refractivity contribution in [2.24, 2.45) is 0 Å². The highest BCUT2D eigenvalue weighted by molar-refractivity contribution is 5.95. The molecule has 3 heterocycles. The molecule has 14 heteroatoms. The van der Waals surface area contributed by atoms with Crippen molar-refractivity contribution >= 4 is 17.4 Å². The fourth-order valence-electron chi connectivity index (χ4n) is 3.81. The highest BCUT2D eigenvalue weighted by atomic mass is 19.4. The number of hydrogen-bond acceptors (Lipinski definition) is 4. The summed E-state index contributed by atoms with van der Waals surface area (Å²) in [6.07, 6.45) is -2.81. The van der Waals surface area contributed by atoms with Gasteiger partial charge in [-0.1, -0.05) is 12.1 Å². The van der Waals surface area contributed by atoms with Crippen molar-refractivity contribution in [2.75, 3.05) is 5.32 Å². The molecule has 0 aliphatic heterocycles. The van der Waals surface area contributed by atoms with E-state index in [1.165, 1.54) is 10.5 Å². The summed E-state index contributed by atoms with van der Waals surface area (Å²) in [5.41, 5.74) is -1.87. The van der Waals surface area contributed by atoms with Crippen molar-refractivity contribution in [3.8, 4) is 0 Å². The minimum atomic E-state index is -4.59. The monoisotopic (exact) mass is 504 g/mol. The lowest BCUT2D eigenvalue weighted by atomic mass is 10.1. The summed E-state index contributed by atoms with van der Waals surface area (Å²) in [6.45, 7) is -3.17. The van der Waals surface area contributed by atoms with E-state index in [9.17, 15) is 35.5 Å². The van der Waals surface area contributed by atoms with Gasteiger partial charge in [-0.3, -0.25) is 9.20 Å². The Balaban J connectivity index is 1.43. The van der Waals surface area contributed by atoms with Crippen LogP contribution in [0.15, 0.2) is 42.4 Å². The molecule has 188 valence electrons. The Morgan fingerprint density at radius 1 is 1.11 bits per heavy atom. The van der Waals surface area contributed by atoms with Crippen LogP contribution in [0.5, 0.6) is 0 Å². The number of imidazole rings is 1. The van der Waals surface area contributed by atoms with Crippen LogP contribution in [-0.4, -0.2) is 31.1 Å². The Morgan fingerprint density at radius 2 is 1.89 bits per heavy atom. The summed E-state index contributed by atoms with van der Waals surface area (Å²) in [5, 5.41) is 8.77. The number of pyridine rings is 1. The van der Waals surface area contributed by atoms with E-state index in [0.29, 0.717) is 43.4 Å². The standard InChI is InChI=1S/C21H19F7N6O/c22-18(23)17-13(9-34(32-17)20(24)25)19(35)30-12-4-1-3-11(7-8-12)29-15-5-2-6-16-31-14(10-33(15)16)21(26,27)28/h2-3,5-6,9-10,12,18,20,29H,1,4,7-8H2,(H,30,35). The maximum atomic E-state index is 13.2. The van der Waals surface area contributed by atoms with Crippen LogP contribution in [0.2, 0.25) is 0 Å². The first kappa shape index (κ1) is 24.5. The van der Waals surface area contributed by atoms with Gasteiger partial charge in [0.1, 0.15) is 17.2 Å². The Labute approximate surface area is 193 Å². The van der Waals surface area contributed by atoms with Gasteiger partial charge in [0.15, 0.2) is 5.69 Å². The van der Waals surface area contributed by atoms with Crippen LogP contribution >= 0.6 is 0 Å². The molecule has 0 fully saturated rings. The van der Waals surface area contributed by atoms with Gasteiger partial charge in [0.05, 0.1) is 5.56 Å². The number of allylic oxidation sites excluding steroid dienone is 2. The SMILES string of the molecule is O=C(NC1CCC=C(Nc2cccc3nc(C(F)(F)F)cn23)CC1)c1cn(C(F)F)nc1C(F)F. The maximum Gasteiger partial charge on any atom is 0.434 e. The van der Waals surface area contributed by atoms with Crippen molar-refractivity contribution in [3.63, 3.8) is 0 Å². The van der Waals surface area contributed by atoms with Crippen LogP contribution in [-0.2, 0) is 6.18 Å². The number of amides is 1. The van der Waals surface area contributed by atoms with Crippen LogP contribution < -0.4 is 10.6 Å². The number of anilines is 1. The van der Waals surface area contributed by atoms with Crippen LogP contribution in [0.1, 0.15) is 60.4 Å². The van der Waals surface area contributed by atoms with Gasteiger partial charge in [-0.2, -0.15) is 27.1 Å². The van der Waals surface area contributed by atoms with Gasteiger partial charge in [0.25, 0.3) is 12.3 Å². The van der Waals surface area contributed by atoms with E-state index < -0.39 is 48.1 Å². The van der Waals surface area contributed by atoms with Crippen molar-refractivity contribution < 1.29 is 35.5 Å². The largest absolute Gasteiger partial charge is 0.434 e. The van der Waals surface area contributed by atoms with Crippen LogP contribution in [0.25, 0.3) is 5.65 Å². The highest BCUT2D eigenvalue weighted by Crippen LogP contribution is 2.30. The number of fused-ring (bicyclic) bond motifs is 1. The quantitative estimate of drug-likeness (QED) is 0.432. The molecule has 0 aromatic carbocycles. The molecule has 7 nitrogen and oxygen atoms in total. The van der Waals surface area contributed by atoms with Gasteiger partial charge in [-0.15, -0.1) is 0 Å². The fraction of sp³-hybridized carbons (Fsp3) is 0.381. The molecule has 3 aromatic rings. The first-order valence-electron chi connectivity index (χ1n) is 10.5. The molecule has 0 saturated heterocycles. The van der Waals surface area contributed by atoms with E-state index in [4.69, 9.17) is 0 Å². The lowest BCUT2D eigenvalue weighted by Crippen LogP contribution is -2.35. The number of carbonyl (C=O) groups is 1. The van der Waals surface area contributed by atoms with Crippen molar-refractivity contribution in [1.29, 1.82) is 0 Å². The molecule has 3 aromatic heterocycles. The van der Waals surface area contributed by atoms with E-state index in [1.54, 1.807) is 12.1 Å². The highest BCUT2D eigenvalue weighted by Gasteiger charge is 2.34. The van der Waals surface area contributed by atoms with E-state index in [-0.39, 0.29) is 10.3 Å². The number of hydrogen-bond donors (Lipinski definition) is 2. The number of halogens is 7. The number of rotatable bonds is 6. The summed E-state index contributed by atoms with van der Waals surface area (Å²) in [6, 6.07) is 4.15. The molecule has 2 N–H and O–H groups in total. The Morgan fingerprint density at radius 3 is 2.57 bits per heavy atom. The summed E-state index contributed by atoms with van der Waals surface area (Å²) < 4.78 is 92.3. The lowest BCUT2D eigenvalue weighted by molar-refractivity contribution is -0.140. The van der Waals surface area contributed by atoms with Gasteiger partial charge < -0.3 is 10.6 Å². The third kappa shape index (κ3) is 5.41. The molecule has 35 heavy (non-hydrogen) atoms. The Kier molecular flexibility index (Phi) is 6.72. The summed E-state index contributed by atoms with van der Waals surface area (Å²) >= 11 is 0. The molecule has 1 unspecified atom stereocenters. The zero-order valence-corrected chi connectivity index (χ0v) is 17.9. The number of carbonyl (C=O) groups excluding carboxylic acids is 1. The van der Waals surface area contributed by atoms with Crippen molar-refractivity contribution in [1.82, 2.24) is 24.5 Å². The predicted molar refractivity (Wildman–Crippen MR) is 110 cm³/mol. The van der Waals surface area contributed by atoms with Crippen LogP contribution in [0, 0.1) is 0 Å². The molecular weight excluding hydrogens is 485 g/mol.